The number of hydrogen-bond acceptors (Lipinski definition) is 3. The van der Waals surface area contributed by atoms with Crippen LogP contribution in [0.4, 0.5) is 0 Å². The van der Waals surface area contributed by atoms with Gasteiger partial charge in [-0.05, 0) is 48.7 Å². The predicted molar refractivity (Wildman–Crippen MR) is 88.8 cm³/mol. The lowest BCUT2D eigenvalue weighted by atomic mass is 9.86. The van der Waals surface area contributed by atoms with Gasteiger partial charge >= 0.3 is 0 Å². The molecule has 0 bridgehead atoms. The van der Waals surface area contributed by atoms with Crippen LogP contribution < -0.4 is 10.6 Å². The summed E-state index contributed by atoms with van der Waals surface area (Å²) in [6, 6.07) is 0. The van der Waals surface area contributed by atoms with Crippen LogP contribution in [0.5, 0.6) is 0 Å². The van der Waals surface area contributed by atoms with Crippen molar-refractivity contribution in [1.29, 1.82) is 0 Å². The van der Waals surface area contributed by atoms with Gasteiger partial charge in [-0.25, -0.2) is 0 Å². The summed E-state index contributed by atoms with van der Waals surface area (Å²) in [5, 5.41) is 25.0. The standard InChI is InChI=1S/C15H32N2O2S/c1-14(2,7-11-18)5-9-16-13(20)17-10-6-15(3,4)8-12-19/h18-19H,5-12H2,1-4H3,(H2,16,17,20). The number of aliphatic hydroxyl groups excluding tert-OH is 2. The van der Waals surface area contributed by atoms with E-state index in [1.54, 1.807) is 0 Å². The minimum Gasteiger partial charge on any atom is -0.396 e. The van der Waals surface area contributed by atoms with Gasteiger partial charge in [0.15, 0.2) is 5.11 Å². The van der Waals surface area contributed by atoms with Crippen LogP contribution in [0.15, 0.2) is 0 Å². The molecule has 0 aromatic carbocycles. The highest BCUT2D eigenvalue weighted by Gasteiger charge is 2.17. The van der Waals surface area contributed by atoms with Crippen molar-refractivity contribution in [3.63, 3.8) is 0 Å². The molecule has 0 saturated heterocycles. The van der Waals surface area contributed by atoms with Gasteiger partial charge in [0.1, 0.15) is 0 Å². The molecule has 4 N–H and O–H groups in total. The Kier molecular flexibility index (Phi) is 9.34. The van der Waals surface area contributed by atoms with Gasteiger partial charge in [-0.1, -0.05) is 27.7 Å². The Labute approximate surface area is 129 Å². The summed E-state index contributed by atoms with van der Waals surface area (Å²) in [7, 11) is 0. The maximum atomic E-state index is 8.97. The SMILES string of the molecule is CC(C)(CCO)CCNC(=S)NCCC(C)(C)CCO. The minimum absolute atomic E-state index is 0.139. The highest BCUT2D eigenvalue weighted by molar-refractivity contribution is 7.80. The number of nitrogens with one attached hydrogen (secondary N) is 2. The van der Waals surface area contributed by atoms with Crippen LogP contribution in [0.1, 0.15) is 53.4 Å². The van der Waals surface area contributed by atoms with Crippen LogP contribution >= 0.6 is 12.2 Å². The molecule has 0 unspecified atom stereocenters. The Morgan fingerprint density at radius 2 is 1.15 bits per heavy atom. The van der Waals surface area contributed by atoms with E-state index in [4.69, 9.17) is 22.4 Å². The Morgan fingerprint density at radius 3 is 1.45 bits per heavy atom. The molecule has 0 spiro atoms. The number of rotatable bonds is 10. The normalized spacial score (nSPS) is 12.3. The highest BCUT2D eigenvalue weighted by Crippen LogP contribution is 2.24. The summed E-state index contributed by atoms with van der Waals surface area (Å²) in [6.45, 7) is 10.7. The fraction of sp³-hybridized carbons (Fsp3) is 0.933. The maximum absolute atomic E-state index is 8.97. The second kappa shape index (κ2) is 9.53. The summed E-state index contributed by atoms with van der Waals surface area (Å²) >= 11 is 5.24. The smallest absolute Gasteiger partial charge is 0.166 e. The molecule has 120 valence electrons. The van der Waals surface area contributed by atoms with Gasteiger partial charge in [0.2, 0.25) is 0 Å². The number of aliphatic hydroxyl groups is 2. The number of thiocarbonyl (C=S) groups is 1. The fourth-order valence-corrected chi connectivity index (χ4v) is 2.15. The van der Waals surface area contributed by atoms with Crippen LogP contribution in [-0.4, -0.2) is 41.6 Å². The average Bonchev–Trinajstić information content (AvgIpc) is 2.27. The molecule has 0 aliphatic carbocycles. The molecule has 0 fully saturated rings. The van der Waals surface area contributed by atoms with Gasteiger partial charge in [0.05, 0.1) is 0 Å². The molecule has 0 aromatic heterocycles. The van der Waals surface area contributed by atoms with E-state index in [1.165, 1.54) is 0 Å². The quantitative estimate of drug-likeness (QED) is 0.465. The highest BCUT2D eigenvalue weighted by atomic mass is 32.1. The second-order valence-corrected chi connectivity index (χ2v) is 7.37. The largest absolute Gasteiger partial charge is 0.396 e. The lowest BCUT2D eigenvalue weighted by Gasteiger charge is -2.25. The summed E-state index contributed by atoms with van der Waals surface area (Å²) in [5.41, 5.74) is 0.279. The van der Waals surface area contributed by atoms with Crippen molar-refractivity contribution < 1.29 is 10.2 Å². The summed E-state index contributed by atoms with van der Waals surface area (Å²) in [6.07, 6.45) is 3.57. The molecule has 0 radical (unpaired) electrons. The first kappa shape index (κ1) is 19.6. The second-order valence-electron chi connectivity index (χ2n) is 6.96. The van der Waals surface area contributed by atoms with Crippen molar-refractivity contribution in [3.8, 4) is 0 Å². The Morgan fingerprint density at radius 1 is 0.800 bits per heavy atom. The van der Waals surface area contributed by atoms with Gasteiger partial charge in [0.25, 0.3) is 0 Å². The third-order valence-electron chi connectivity index (χ3n) is 3.75. The molecular weight excluding hydrogens is 272 g/mol. The van der Waals surface area contributed by atoms with Gasteiger partial charge in [-0.3, -0.25) is 0 Å². The van der Waals surface area contributed by atoms with Crippen LogP contribution in [0.25, 0.3) is 0 Å². The molecule has 4 nitrogen and oxygen atoms in total. The fourth-order valence-electron chi connectivity index (χ4n) is 1.95. The van der Waals surface area contributed by atoms with Crippen molar-refractivity contribution in [2.45, 2.75) is 53.4 Å². The van der Waals surface area contributed by atoms with Gasteiger partial charge in [0, 0.05) is 26.3 Å². The summed E-state index contributed by atoms with van der Waals surface area (Å²) in [4.78, 5) is 0. The van der Waals surface area contributed by atoms with E-state index in [9.17, 15) is 0 Å². The van der Waals surface area contributed by atoms with Crippen molar-refractivity contribution in [1.82, 2.24) is 10.6 Å². The van der Waals surface area contributed by atoms with E-state index in [-0.39, 0.29) is 24.0 Å². The summed E-state index contributed by atoms with van der Waals surface area (Å²) < 4.78 is 0. The molecule has 0 aromatic rings. The van der Waals surface area contributed by atoms with Crippen LogP contribution in [0.2, 0.25) is 0 Å². The molecule has 0 rings (SSSR count). The zero-order chi connectivity index (χ0) is 15.6. The van der Waals surface area contributed by atoms with Crippen molar-refractivity contribution in [3.05, 3.63) is 0 Å². The van der Waals surface area contributed by atoms with E-state index >= 15 is 0 Å². The zero-order valence-electron chi connectivity index (χ0n) is 13.5. The van der Waals surface area contributed by atoms with E-state index in [0.717, 1.165) is 38.8 Å². The lowest BCUT2D eigenvalue weighted by Crippen LogP contribution is -2.38. The van der Waals surface area contributed by atoms with E-state index in [1.807, 2.05) is 0 Å². The first-order valence-corrected chi connectivity index (χ1v) is 7.87. The van der Waals surface area contributed by atoms with E-state index in [0.29, 0.717) is 5.11 Å². The average molecular weight is 305 g/mol. The minimum atomic E-state index is 0.139. The molecule has 5 heteroatoms. The van der Waals surface area contributed by atoms with Crippen molar-refractivity contribution in [2.24, 2.45) is 10.8 Å². The monoisotopic (exact) mass is 304 g/mol. The van der Waals surface area contributed by atoms with Crippen LogP contribution in [-0.2, 0) is 0 Å². The molecule has 0 aliphatic rings. The Balaban J connectivity index is 3.75. The van der Waals surface area contributed by atoms with Gasteiger partial charge in [-0.15, -0.1) is 0 Å². The van der Waals surface area contributed by atoms with Crippen LogP contribution in [0.3, 0.4) is 0 Å². The Bertz CT molecular complexity index is 255. The Hall–Kier alpha value is -0.390. The third-order valence-corrected chi connectivity index (χ3v) is 4.04. The molecule has 20 heavy (non-hydrogen) atoms. The van der Waals surface area contributed by atoms with E-state index in [2.05, 4.69) is 38.3 Å². The lowest BCUT2D eigenvalue weighted by molar-refractivity contribution is 0.202. The summed E-state index contributed by atoms with van der Waals surface area (Å²) in [5.74, 6) is 0. The maximum Gasteiger partial charge on any atom is 0.166 e. The van der Waals surface area contributed by atoms with Crippen molar-refractivity contribution in [2.75, 3.05) is 26.3 Å². The third kappa shape index (κ3) is 10.4. The molecule has 0 saturated carbocycles. The molecule has 0 atom stereocenters. The van der Waals surface area contributed by atoms with E-state index < -0.39 is 0 Å². The molecule has 0 heterocycles. The van der Waals surface area contributed by atoms with Gasteiger partial charge < -0.3 is 20.8 Å². The molecule has 0 aliphatic heterocycles. The first-order chi connectivity index (χ1) is 9.22. The molecular formula is C15H32N2O2S. The van der Waals surface area contributed by atoms with Crippen LogP contribution in [0, 0.1) is 10.8 Å². The van der Waals surface area contributed by atoms with Crippen molar-refractivity contribution >= 4 is 17.3 Å². The number of hydrogen-bond donors (Lipinski definition) is 4. The predicted octanol–water partition coefficient (Wildman–Crippen LogP) is 2.05. The molecule has 0 amide bonds. The van der Waals surface area contributed by atoms with Gasteiger partial charge in [-0.2, -0.15) is 0 Å². The first-order valence-electron chi connectivity index (χ1n) is 7.46. The topological polar surface area (TPSA) is 64.5 Å². The zero-order valence-corrected chi connectivity index (χ0v) is 14.3.